The first kappa shape index (κ1) is 14.3. The molecule has 3 aliphatic rings. The molecule has 2 heterocycles. The van der Waals surface area contributed by atoms with Crippen LogP contribution in [0.2, 0.25) is 0 Å². The summed E-state index contributed by atoms with van der Waals surface area (Å²) in [5, 5.41) is 3.01. The molecular weight excluding hydrogens is 276 g/mol. The van der Waals surface area contributed by atoms with Gasteiger partial charge in [0.25, 0.3) is 0 Å². The van der Waals surface area contributed by atoms with Crippen molar-refractivity contribution in [1.29, 1.82) is 0 Å². The standard InChI is InChI=1S/C14H24N2O3S/c1-10-7-11(10)14(17)15-12-8-20(18,19)9-13(12)16-5-3-2-4-6-16/h10-13H,2-9H2,1H3,(H,15,17)/t10-,11+,12+,13-/m1/s1. The van der Waals surface area contributed by atoms with Gasteiger partial charge in [0.2, 0.25) is 5.91 Å². The van der Waals surface area contributed by atoms with E-state index in [4.69, 9.17) is 0 Å². The van der Waals surface area contributed by atoms with Crippen LogP contribution in [0.4, 0.5) is 0 Å². The molecule has 0 aromatic rings. The first-order chi connectivity index (χ1) is 9.46. The van der Waals surface area contributed by atoms with E-state index >= 15 is 0 Å². The van der Waals surface area contributed by atoms with Crippen molar-refractivity contribution in [3.8, 4) is 0 Å². The number of nitrogens with one attached hydrogen (secondary N) is 1. The lowest BCUT2D eigenvalue weighted by atomic mass is 10.0. The molecule has 0 spiro atoms. The van der Waals surface area contributed by atoms with Gasteiger partial charge in [-0.1, -0.05) is 13.3 Å². The third-order valence-corrected chi connectivity index (χ3v) is 6.67. The second kappa shape index (κ2) is 5.30. The minimum absolute atomic E-state index is 0.0155. The van der Waals surface area contributed by atoms with Crippen LogP contribution in [-0.4, -0.2) is 55.9 Å². The van der Waals surface area contributed by atoms with Gasteiger partial charge in [-0.25, -0.2) is 8.42 Å². The van der Waals surface area contributed by atoms with Gasteiger partial charge in [0.05, 0.1) is 17.5 Å². The summed E-state index contributed by atoms with van der Waals surface area (Å²) in [4.78, 5) is 14.4. The Balaban J connectivity index is 1.67. The third-order valence-electron chi connectivity index (χ3n) is 4.96. The minimum Gasteiger partial charge on any atom is -0.350 e. The van der Waals surface area contributed by atoms with Crippen LogP contribution in [-0.2, 0) is 14.6 Å². The van der Waals surface area contributed by atoms with E-state index in [2.05, 4.69) is 17.1 Å². The molecule has 0 bridgehead atoms. The number of hydrogen-bond acceptors (Lipinski definition) is 4. The van der Waals surface area contributed by atoms with Gasteiger partial charge in [0, 0.05) is 12.0 Å². The Bertz CT molecular complexity index is 485. The van der Waals surface area contributed by atoms with Crippen molar-refractivity contribution in [2.75, 3.05) is 24.6 Å². The average Bonchev–Trinajstić information content (AvgIpc) is 3.05. The lowest BCUT2D eigenvalue weighted by Gasteiger charge is -2.35. The number of piperidine rings is 1. The molecule has 0 aromatic carbocycles. The predicted octanol–water partition coefficient (Wildman–Crippen LogP) is 0.410. The lowest BCUT2D eigenvalue weighted by molar-refractivity contribution is -0.123. The zero-order chi connectivity index (χ0) is 14.3. The molecule has 3 rings (SSSR count). The highest BCUT2D eigenvalue weighted by Crippen LogP contribution is 2.38. The van der Waals surface area contributed by atoms with Crippen molar-refractivity contribution in [1.82, 2.24) is 10.2 Å². The quantitative estimate of drug-likeness (QED) is 0.820. The summed E-state index contributed by atoms with van der Waals surface area (Å²) in [5.41, 5.74) is 0. The molecule has 6 heteroatoms. The van der Waals surface area contributed by atoms with E-state index in [0.29, 0.717) is 5.92 Å². The summed E-state index contributed by atoms with van der Waals surface area (Å²) in [6, 6.07) is -0.225. The largest absolute Gasteiger partial charge is 0.350 e. The predicted molar refractivity (Wildman–Crippen MR) is 77.1 cm³/mol. The zero-order valence-electron chi connectivity index (χ0n) is 12.0. The van der Waals surface area contributed by atoms with Gasteiger partial charge in [0.15, 0.2) is 9.84 Å². The molecule has 5 nitrogen and oxygen atoms in total. The lowest BCUT2D eigenvalue weighted by Crippen LogP contribution is -2.52. The molecule has 2 aliphatic heterocycles. The van der Waals surface area contributed by atoms with Crippen LogP contribution in [0.15, 0.2) is 0 Å². The molecule has 20 heavy (non-hydrogen) atoms. The number of rotatable bonds is 3. The molecule has 114 valence electrons. The van der Waals surface area contributed by atoms with Crippen LogP contribution < -0.4 is 5.32 Å². The summed E-state index contributed by atoms with van der Waals surface area (Å²) >= 11 is 0. The van der Waals surface area contributed by atoms with Crippen molar-refractivity contribution in [3.63, 3.8) is 0 Å². The second-order valence-electron chi connectivity index (χ2n) is 6.68. The van der Waals surface area contributed by atoms with Gasteiger partial charge < -0.3 is 5.32 Å². The SMILES string of the molecule is C[C@@H]1C[C@@H]1C(=O)N[C@H]1CS(=O)(=O)C[C@H]1N1CCCCC1. The van der Waals surface area contributed by atoms with Crippen molar-refractivity contribution in [3.05, 3.63) is 0 Å². The summed E-state index contributed by atoms with van der Waals surface area (Å²) in [6.07, 6.45) is 4.44. The van der Waals surface area contributed by atoms with Crippen LogP contribution in [0.1, 0.15) is 32.6 Å². The molecule has 1 saturated carbocycles. The fourth-order valence-electron chi connectivity index (χ4n) is 3.55. The summed E-state index contributed by atoms with van der Waals surface area (Å²) in [7, 11) is -3.01. The normalized spacial score (nSPS) is 40.5. The fourth-order valence-corrected chi connectivity index (χ4v) is 5.51. The highest BCUT2D eigenvalue weighted by Gasteiger charge is 2.45. The van der Waals surface area contributed by atoms with Crippen molar-refractivity contribution in [2.24, 2.45) is 11.8 Å². The topological polar surface area (TPSA) is 66.5 Å². The van der Waals surface area contributed by atoms with Gasteiger partial charge >= 0.3 is 0 Å². The maximum absolute atomic E-state index is 12.1. The molecule has 1 amide bonds. The number of hydrogen-bond donors (Lipinski definition) is 1. The zero-order valence-corrected chi connectivity index (χ0v) is 12.9. The molecule has 3 fully saturated rings. The maximum atomic E-state index is 12.1. The molecule has 2 saturated heterocycles. The van der Waals surface area contributed by atoms with Crippen molar-refractivity contribution >= 4 is 15.7 Å². The Labute approximate surface area is 121 Å². The van der Waals surface area contributed by atoms with Crippen molar-refractivity contribution < 1.29 is 13.2 Å². The van der Waals surface area contributed by atoms with Crippen LogP contribution in [0.3, 0.4) is 0 Å². The summed E-state index contributed by atoms with van der Waals surface area (Å²) < 4.78 is 23.9. The molecular formula is C14H24N2O3S. The molecule has 0 radical (unpaired) electrons. The Morgan fingerprint density at radius 1 is 1.15 bits per heavy atom. The number of sulfone groups is 1. The summed E-state index contributed by atoms with van der Waals surface area (Å²) in [5.74, 6) is 0.947. The maximum Gasteiger partial charge on any atom is 0.223 e. The van der Waals surface area contributed by atoms with Crippen LogP contribution in [0.25, 0.3) is 0 Å². The number of carbonyl (C=O) groups excluding carboxylic acids is 1. The van der Waals surface area contributed by atoms with E-state index in [9.17, 15) is 13.2 Å². The number of amides is 1. The van der Waals surface area contributed by atoms with Gasteiger partial charge in [-0.15, -0.1) is 0 Å². The monoisotopic (exact) mass is 300 g/mol. The Morgan fingerprint density at radius 2 is 1.80 bits per heavy atom. The molecule has 0 unspecified atom stereocenters. The Hall–Kier alpha value is -0.620. The first-order valence-corrected chi connectivity index (χ1v) is 9.53. The van der Waals surface area contributed by atoms with E-state index in [1.807, 2.05) is 0 Å². The van der Waals surface area contributed by atoms with Crippen LogP contribution >= 0.6 is 0 Å². The highest BCUT2D eigenvalue weighted by molar-refractivity contribution is 7.91. The highest BCUT2D eigenvalue weighted by atomic mass is 32.2. The van der Waals surface area contributed by atoms with Gasteiger partial charge in [-0.05, 0) is 38.3 Å². The molecule has 1 N–H and O–H groups in total. The third kappa shape index (κ3) is 3.01. The van der Waals surface area contributed by atoms with E-state index in [-0.39, 0.29) is 35.4 Å². The molecule has 1 aliphatic carbocycles. The van der Waals surface area contributed by atoms with E-state index in [0.717, 1.165) is 32.4 Å². The Morgan fingerprint density at radius 3 is 2.40 bits per heavy atom. The van der Waals surface area contributed by atoms with Crippen LogP contribution in [0.5, 0.6) is 0 Å². The summed E-state index contributed by atoms with van der Waals surface area (Å²) in [6.45, 7) is 4.00. The smallest absolute Gasteiger partial charge is 0.223 e. The number of nitrogens with zero attached hydrogens (tertiary/aromatic N) is 1. The van der Waals surface area contributed by atoms with Gasteiger partial charge in [-0.2, -0.15) is 0 Å². The van der Waals surface area contributed by atoms with Crippen molar-refractivity contribution in [2.45, 2.75) is 44.7 Å². The molecule has 0 aromatic heterocycles. The van der Waals surface area contributed by atoms with E-state index < -0.39 is 9.84 Å². The number of carbonyl (C=O) groups is 1. The van der Waals surface area contributed by atoms with Gasteiger partial charge in [-0.3, -0.25) is 9.69 Å². The van der Waals surface area contributed by atoms with E-state index in [1.54, 1.807) is 0 Å². The second-order valence-corrected chi connectivity index (χ2v) is 8.83. The van der Waals surface area contributed by atoms with Crippen LogP contribution in [0, 0.1) is 11.8 Å². The molecule has 4 atom stereocenters. The van der Waals surface area contributed by atoms with Gasteiger partial charge in [0.1, 0.15) is 0 Å². The Kier molecular flexibility index (Phi) is 3.79. The number of likely N-dealkylation sites (tertiary alicyclic amines) is 1. The minimum atomic E-state index is -3.01. The van der Waals surface area contributed by atoms with E-state index in [1.165, 1.54) is 6.42 Å². The average molecular weight is 300 g/mol. The first-order valence-electron chi connectivity index (χ1n) is 7.71. The fraction of sp³-hybridized carbons (Fsp3) is 0.929.